The number of aryl methyl sites for hydroxylation is 1. The minimum atomic E-state index is 0.0455. The van der Waals surface area contributed by atoms with Gasteiger partial charge in [0, 0.05) is 54.6 Å². The summed E-state index contributed by atoms with van der Waals surface area (Å²) in [5.41, 5.74) is 4.60. The first-order valence-corrected chi connectivity index (χ1v) is 14.0. The number of hydrogen-bond acceptors (Lipinski definition) is 7. The summed E-state index contributed by atoms with van der Waals surface area (Å²) >= 11 is 1.71. The zero-order chi connectivity index (χ0) is 25.5. The van der Waals surface area contributed by atoms with Gasteiger partial charge in [0.15, 0.2) is 0 Å². The van der Waals surface area contributed by atoms with Gasteiger partial charge in [-0.3, -0.25) is 14.8 Å². The summed E-state index contributed by atoms with van der Waals surface area (Å²) in [6.45, 7) is 4.42. The number of anilines is 2. The lowest BCUT2D eigenvalue weighted by atomic mass is 9.86. The number of rotatable bonds is 5. The highest BCUT2D eigenvalue weighted by molar-refractivity contribution is 7.19. The van der Waals surface area contributed by atoms with Crippen LogP contribution in [0.2, 0.25) is 0 Å². The third kappa shape index (κ3) is 4.41. The van der Waals surface area contributed by atoms with Crippen LogP contribution in [0.3, 0.4) is 0 Å². The minimum absolute atomic E-state index is 0.0455. The van der Waals surface area contributed by atoms with E-state index >= 15 is 0 Å². The minimum Gasteiger partial charge on any atom is -0.340 e. The van der Waals surface area contributed by atoms with Crippen molar-refractivity contribution in [3.05, 3.63) is 77.1 Å². The van der Waals surface area contributed by atoms with Crippen molar-refractivity contribution in [2.75, 3.05) is 31.5 Å². The second kappa shape index (κ2) is 9.81. The van der Waals surface area contributed by atoms with Gasteiger partial charge in [0.05, 0.1) is 17.1 Å². The van der Waals surface area contributed by atoms with Crippen molar-refractivity contribution in [1.29, 1.82) is 0 Å². The lowest BCUT2D eigenvalue weighted by Crippen LogP contribution is -2.50. The molecule has 1 atom stereocenters. The molecule has 5 aromatic rings. The molecule has 0 spiro atoms. The van der Waals surface area contributed by atoms with E-state index in [1.54, 1.807) is 17.7 Å². The molecule has 1 amide bonds. The zero-order valence-corrected chi connectivity index (χ0v) is 21.9. The Labute approximate surface area is 224 Å². The van der Waals surface area contributed by atoms with Crippen molar-refractivity contribution in [1.82, 2.24) is 30.0 Å². The number of nitrogens with zero attached hydrogens (tertiary/aromatic N) is 5. The van der Waals surface area contributed by atoms with Gasteiger partial charge in [0.2, 0.25) is 5.91 Å². The van der Waals surface area contributed by atoms with E-state index in [1.165, 1.54) is 16.0 Å². The number of amides is 1. The number of H-pyrrole nitrogens is 1. The highest BCUT2D eigenvalue weighted by atomic mass is 32.1. The number of piperazine rings is 1. The summed E-state index contributed by atoms with van der Waals surface area (Å²) in [4.78, 5) is 29.5. The fourth-order valence-electron chi connectivity index (χ4n) is 5.80. The Kier molecular flexibility index (Phi) is 6.02. The number of aromatic amines is 1. The summed E-state index contributed by atoms with van der Waals surface area (Å²) in [5, 5.41) is 12.8. The average molecular weight is 524 g/mol. The highest BCUT2D eigenvalue weighted by Crippen LogP contribution is 2.41. The largest absolute Gasteiger partial charge is 0.340 e. The fourth-order valence-corrected chi connectivity index (χ4v) is 7.07. The van der Waals surface area contributed by atoms with E-state index in [9.17, 15) is 4.79 Å². The van der Waals surface area contributed by atoms with Gasteiger partial charge < -0.3 is 10.2 Å². The molecule has 3 aromatic heterocycles. The summed E-state index contributed by atoms with van der Waals surface area (Å²) < 4.78 is 0. The van der Waals surface area contributed by atoms with E-state index in [-0.39, 0.29) is 5.92 Å². The highest BCUT2D eigenvalue weighted by Gasteiger charge is 2.32. The molecule has 1 aliphatic carbocycles. The summed E-state index contributed by atoms with van der Waals surface area (Å²) in [6, 6.07) is 16.7. The number of thiophene rings is 1. The molecule has 0 saturated carbocycles. The van der Waals surface area contributed by atoms with Gasteiger partial charge in [-0.05, 0) is 48.6 Å². The van der Waals surface area contributed by atoms with Gasteiger partial charge in [-0.25, -0.2) is 9.97 Å². The number of hydrogen-bond donors (Lipinski definition) is 2. The SMILES string of the molecule is O=C(C1CCc2c(sc3ncnc(Nc4ccc5[nH]ncc5c4)c23)C1)N1CCN(Cc2ccccc2)CC1. The maximum absolute atomic E-state index is 13.5. The van der Waals surface area contributed by atoms with E-state index in [2.05, 4.69) is 71.7 Å². The molecule has 2 aromatic carbocycles. The Morgan fingerprint density at radius 3 is 2.82 bits per heavy atom. The molecule has 4 heterocycles. The predicted octanol–water partition coefficient (Wildman–Crippen LogP) is 4.76. The van der Waals surface area contributed by atoms with Crippen molar-refractivity contribution in [2.24, 2.45) is 5.92 Å². The third-order valence-electron chi connectivity index (χ3n) is 7.83. The maximum atomic E-state index is 13.5. The van der Waals surface area contributed by atoms with Crippen LogP contribution in [-0.4, -0.2) is 62.1 Å². The van der Waals surface area contributed by atoms with Crippen LogP contribution in [0.1, 0.15) is 22.4 Å². The zero-order valence-electron chi connectivity index (χ0n) is 21.1. The van der Waals surface area contributed by atoms with Crippen molar-refractivity contribution in [3.8, 4) is 0 Å². The van der Waals surface area contributed by atoms with Gasteiger partial charge in [-0.2, -0.15) is 5.10 Å². The summed E-state index contributed by atoms with van der Waals surface area (Å²) in [6.07, 6.45) is 5.99. The lowest BCUT2D eigenvalue weighted by molar-refractivity contribution is -0.137. The van der Waals surface area contributed by atoms with Crippen LogP contribution in [0.4, 0.5) is 11.5 Å². The van der Waals surface area contributed by atoms with Crippen LogP contribution in [0.25, 0.3) is 21.1 Å². The predicted molar refractivity (Wildman–Crippen MR) is 151 cm³/mol. The molecule has 0 radical (unpaired) electrons. The Balaban J connectivity index is 1.05. The Bertz CT molecular complexity index is 1600. The Hall–Kier alpha value is -3.82. The van der Waals surface area contributed by atoms with Gasteiger partial charge in [0.25, 0.3) is 0 Å². The fraction of sp³-hybridized carbons (Fsp3) is 0.310. The Morgan fingerprint density at radius 2 is 1.95 bits per heavy atom. The van der Waals surface area contributed by atoms with Gasteiger partial charge in [0.1, 0.15) is 17.0 Å². The topological polar surface area (TPSA) is 90.0 Å². The molecule has 38 heavy (non-hydrogen) atoms. The molecule has 8 nitrogen and oxygen atoms in total. The second-order valence-electron chi connectivity index (χ2n) is 10.2. The number of aromatic nitrogens is 4. The number of nitrogens with one attached hydrogen (secondary N) is 2. The van der Waals surface area contributed by atoms with Gasteiger partial charge >= 0.3 is 0 Å². The molecule has 0 bridgehead atoms. The monoisotopic (exact) mass is 523 g/mol. The molecule has 192 valence electrons. The maximum Gasteiger partial charge on any atom is 0.226 e. The van der Waals surface area contributed by atoms with Gasteiger partial charge in [-0.15, -0.1) is 11.3 Å². The molecule has 1 unspecified atom stereocenters. The molecule has 2 N–H and O–H groups in total. The molecule has 9 heteroatoms. The molecule has 1 fully saturated rings. The van der Waals surface area contributed by atoms with Crippen molar-refractivity contribution >= 4 is 49.9 Å². The van der Waals surface area contributed by atoms with E-state index in [0.717, 1.165) is 84.6 Å². The van der Waals surface area contributed by atoms with Gasteiger partial charge in [-0.1, -0.05) is 30.3 Å². The normalized spacial score (nSPS) is 18.1. The van der Waals surface area contributed by atoms with Crippen LogP contribution >= 0.6 is 11.3 Å². The molecule has 1 aliphatic heterocycles. The smallest absolute Gasteiger partial charge is 0.226 e. The third-order valence-corrected chi connectivity index (χ3v) is 8.99. The second-order valence-corrected chi connectivity index (χ2v) is 11.3. The summed E-state index contributed by atoms with van der Waals surface area (Å²) in [7, 11) is 0. The number of carbonyl (C=O) groups is 1. The lowest BCUT2D eigenvalue weighted by Gasteiger charge is -2.37. The number of benzene rings is 2. The van der Waals surface area contributed by atoms with Crippen LogP contribution in [0.5, 0.6) is 0 Å². The van der Waals surface area contributed by atoms with E-state index in [0.29, 0.717) is 5.91 Å². The van der Waals surface area contributed by atoms with Crippen molar-refractivity contribution in [3.63, 3.8) is 0 Å². The summed E-state index contributed by atoms with van der Waals surface area (Å²) in [5.74, 6) is 1.18. The standard InChI is InChI=1S/C29H29N7OS/c37-29(36-12-10-35(11-13-36)17-19-4-2-1-3-5-19)20-6-8-23-25(15-20)38-28-26(23)27(30-18-31-28)33-22-7-9-24-21(14-22)16-32-34-24/h1-5,7,9,14,16,18,20H,6,8,10-13,15,17H2,(H,32,34)(H,30,31,33). The van der Waals surface area contributed by atoms with Crippen molar-refractivity contribution in [2.45, 2.75) is 25.8 Å². The molecule has 1 saturated heterocycles. The molecular formula is C29H29N7OS. The first-order valence-electron chi connectivity index (χ1n) is 13.2. The Morgan fingerprint density at radius 1 is 1.08 bits per heavy atom. The van der Waals surface area contributed by atoms with Crippen LogP contribution in [0, 0.1) is 5.92 Å². The van der Waals surface area contributed by atoms with Crippen LogP contribution in [0.15, 0.2) is 61.1 Å². The van der Waals surface area contributed by atoms with E-state index in [1.807, 2.05) is 18.3 Å². The average Bonchev–Trinajstić information content (AvgIpc) is 3.58. The van der Waals surface area contributed by atoms with E-state index in [4.69, 9.17) is 0 Å². The molecule has 7 rings (SSSR count). The van der Waals surface area contributed by atoms with Crippen molar-refractivity contribution < 1.29 is 4.79 Å². The molecular weight excluding hydrogens is 494 g/mol. The number of fused-ring (bicyclic) bond motifs is 4. The quantitative estimate of drug-likeness (QED) is 0.345. The first-order chi connectivity index (χ1) is 18.7. The van der Waals surface area contributed by atoms with E-state index < -0.39 is 0 Å². The molecule has 2 aliphatic rings. The first kappa shape index (κ1) is 23.3. The van der Waals surface area contributed by atoms with Crippen LogP contribution < -0.4 is 5.32 Å². The van der Waals surface area contributed by atoms with Crippen LogP contribution in [-0.2, 0) is 24.2 Å². The number of carbonyl (C=O) groups excluding carboxylic acids is 1.